The van der Waals surface area contributed by atoms with Gasteiger partial charge in [0.05, 0.1) is 12.5 Å². The van der Waals surface area contributed by atoms with E-state index in [0.29, 0.717) is 10.8 Å². The normalized spacial score (nSPS) is 11.9. The van der Waals surface area contributed by atoms with E-state index in [1.807, 2.05) is 0 Å². The zero-order valence-electron chi connectivity index (χ0n) is 9.11. The SMILES string of the molecule is [CH2]COC(=O)C(C)COc1ccc(Cl)cc1. The van der Waals surface area contributed by atoms with Crippen LogP contribution in [0.5, 0.6) is 5.75 Å². The first-order chi connectivity index (χ1) is 7.63. The number of hydrogen-bond donors (Lipinski definition) is 0. The average Bonchev–Trinajstić information content (AvgIpc) is 2.28. The molecule has 16 heavy (non-hydrogen) atoms. The smallest absolute Gasteiger partial charge is 0.312 e. The van der Waals surface area contributed by atoms with Gasteiger partial charge < -0.3 is 9.47 Å². The summed E-state index contributed by atoms with van der Waals surface area (Å²) in [5, 5.41) is 0.650. The van der Waals surface area contributed by atoms with Crippen LogP contribution in [0.15, 0.2) is 24.3 Å². The van der Waals surface area contributed by atoms with Crippen molar-refractivity contribution in [1.29, 1.82) is 0 Å². The van der Waals surface area contributed by atoms with Crippen LogP contribution in [-0.2, 0) is 9.53 Å². The van der Waals surface area contributed by atoms with Gasteiger partial charge in [-0.2, -0.15) is 0 Å². The van der Waals surface area contributed by atoms with Crippen molar-refractivity contribution in [3.8, 4) is 5.75 Å². The third-order valence-corrected chi connectivity index (χ3v) is 2.21. The minimum Gasteiger partial charge on any atom is -0.493 e. The molecule has 0 amide bonds. The highest BCUT2D eigenvalue weighted by Crippen LogP contribution is 2.16. The molecule has 0 saturated carbocycles. The number of hydrogen-bond acceptors (Lipinski definition) is 3. The third kappa shape index (κ3) is 4.11. The fourth-order valence-corrected chi connectivity index (χ4v) is 1.19. The van der Waals surface area contributed by atoms with Crippen molar-refractivity contribution in [2.75, 3.05) is 13.2 Å². The molecule has 0 aliphatic heterocycles. The van der Waals surface area contributed by atoms with E-state index in [9.17, 15) is 4.79 Å². The van der Waals surface area contributed by atoms with E-state index in [1.54, 1.807) is 31.2 Å². The molecular weight excluding hydrogens is 228 g/mol. The van der Waals surface area contributed by atoms with Gasteiger partial charge in [-0.1, -0.05) is 11.6 Å². The van der Waals surface area contributed by atoms with E-state index in [1.165, 1.54) is 0 Å². The van der Waals surface area contributed by atoms with E-state index >= 15 is 0 Å². The number of ether oxygens (including phenoxy) is 2. The highest BCUT2D eigenvalue weighted by Gasteiger charge is 2.14. The number of halogens is 1. The predicted octanol–water partition coefficient (Wildman–Crippen LogP) is 2.73. The topological polar surface area (TPSA) is 35.5 Å². The number of carbonyl (C=O) groups is 1. The first-order valence-electron chi connectivity index (χ1n) is 4.97. The van der Waals surface area contributed by atoms with Crippen LogP contribution in [0.1, 0.15) is 6.92 Å². The Bertz CT molecular complexity index is 335. The highest BCUT2D eigenvalue weighted by molar-refractivity contribution is 6.30. The summed E-state index contributed by atoms with van der Waals surface area (Å²) >= 11 is 5.73. The molecule has 0 aromatic heterocycles. The molecule has 0 fully saturated rings. The Kier molecular flexibility index (Phi) is 5.12. The molecule has 0 heterocycles. The minimum atomic E-state index is -0.308. The number of esters is 1. The first kappa shape index (κ1) is 12.8. The molecule has 1 aromatic carbocycles. The van der Waals surface area contributed by atoms with E-state index < -0.39 is 0 Å². The molecule has 1 rings (SSSR count). The van der Waals surface area contributed by atoms with Gasteiger partial charge in [-0.15, -0.1) is 0 Å². The van der Waals surface area contributed by atoms with E-state index in [2.05, 4.69) is 6.92 Å². The fourth-order valence-electron chi connectivity index (χ4n) is 1.06. The quantitative estimate of drug-likeness (QED) is 0.744. The van der Waals surface area contributed by atoms with Crippen molar-refractivity contribution >= 4 is 17.6 Å². The van der Waals surface area contributed by atoms with E-state index in [-0.39, 0.29) is 25.1 Å². The molecule has 0 spiro atoms. The lowest BCUT2D eigenvalue weighted by atomic mass is 10.2. The van der Waals surface area contributed by atoms with Gasteiger partial charge in [0.1, 0.15) is 12.4 Å². The van der Waals surface area contributed by atoms with Crippen molar-refractivity contribution < 1.29 is 14.3 Å². The van der Waals surface area contributed by atoms with Crippen LogP contribution >= 0.6 is 11.6 Å². The summed E-state index contributed by atoms with van der Waals surface area (Å²) in [6, 6.07) is 6.97. The highest BCUT2D eigenvalue weighted by atomic mass is 35.5. The van der Waals surface area contributed by atoms with Crippen LogP contribution < -0.4 is 4.74 Å². The van der Waals surface area contributed by atoms with Crippen LogP contribution in [-0.4, -0.2) is 19.2 Å². The lowest BCUT2D eigenvalue weighted by Crippen LogP contribution is -2.21. The van der Waals surface area contributed by atoms with Crippen molar-refractivity contribution in [3.63, 3.8) is 0 Å². The molecule has 3 nitrogen and oxygen atoms in total. The maximum atomic E-state index is 11.3. The number of benzene rings is 1. The van der Waals surface area contributed by atoms with Gasteiger partial charge in [0.2, 0.25) is 0 Å². The molecule has 4 heteroatoms. The largest absolute Gasteiger partial charge is 0.493 e. The Morgan fingerprint density at radius 1 is 1.44 bits per heavy atom. The molecule has 1 atom stereocenters. The Labute approximate surface area is 100 Å². The summed E-state index contributed by atoms with van der Waals surface area (Å²) < 4.78 is 10.2. The zero-order chi connectivity index (χ0) is 12.0. The fraction of sp³-hybridized carbons (Fsp3) is 0.333. The second kappa shape index (κ2) is 6.38. The number of rotatable bonds is 5. The Balaban J connectivity index is 2.39. The summed E-state index contributed by atoms with van der Waals surface area (Å²) in [7, 11) is 0. The van der Waals surface area contributed by atoms with Crippen molar-refractivity contribution in [1.82, 2.24) is 0 Å². The Hall–Kier alpha value is -1.22. The second-order valence-electron chi connectivity index (χ2n) is 3.33. The van der Waals surface area contributed by atoms with Gasteiger partial charge in [0, 0.05) is 5.02 Å². The molecule has 87 valence electrons. The molecule has 1 aromatic rings. The van der Waals surface area contributed by atoms with Crippen LogP contribution in [0, 0.1) is 12.8 Å². The molecule has 0 aliphatic rings. The molecule has 0 bridgehead atoms. The van der Waals surface area contributed by atoms with Crippen molar-refractivity contribution in [2.45, 2.75) is 6.92 Å². The zero-order valence-corrected chi connectivity index (χ0v) is 9.87. The van der Waals surface area contributed by atoms with Gasteiger partial charge >= 0.3 is 5.97 Å². The average molecular weight is 242 g/mol. The van der Waals surface area contributed by atoms with Gasteiger partial charge in [-0.25, -0.2) is 0 Å². The lowest BCUT2D eigenvalue weighted by molar-refractivity contribution is -0.147. The molecular formula is C12H14ClO3. The second-order valence-corrected chi connectivity index (χ2v) is 3.77. The molecule has 0 saturated heterocycles. The Morgan fingerprint density at radius 2 is 2.06 bits per heavy atom. The van der Waals surface area contributed by atoms with Crippen LogP contribution in [0.3, 0.4) is 0 Å². The molecule has 1 radical (unpaired) electrons. The van der Waals surface area contributed by atoms with Gasteiger partial charge in [-0.05, 0) is 38.1 Å². The van der Waals surface area contributed by atoms with Gasteiger partial charge in [-0.3, -0.25) is 4.79 Å². The third-order valence-electron chi connectivity index (χ3n) is 1.96. The van der Waals surface area contributed by atoms with E-state index in [4.69, 9.17) is 21.1 Å². The van der Waals surface area contributed by atoms with E-state index in [0.717, 1.165) is 0 Å². The minimum absolute atomic E-state index is 0.143. The summed E-state index contributed by atoms with van der Waals surface area (Å²) in [5.74, 6) is 0.0695. The summed E-state index contributed by atoms with van der Waals surface area (Å²) in [6.45, 7) is 5.60. The maximum absolute atomic E-state index is 11.3. The molecule has 1 unspecified atom stereocenters. The summed E-state index contributed by atoms with van der Waals surface area (Å²) in [6.07, 6.45) is 0. The predicted molar refractivity (Wildman–Crippen MR) is 62.4 cm³/mol. The lowest BCUT2D eigenvalue weighted by Gasteiger charge is -2.11. The van der Waals surface area contributed by atoms with Crippen molar-refractivity contribution in [3.05, 3.63) is 36.2 Å². The maximum Gasteiger partial charge on any atom is 0.312 e. The monoisotopic (exact) mass is 241 g/mol. The van der Waals surface area contributed by atoms with Crippen LogP contribution in [0.2, 0.25) is 5.02 Å². The van der Waals surface area contributed by atoms with Crippen LogP contribution in [0.4, 0.5) is 0 Å². The summed E-state index contributed by atoms with van der Waals surface area (Å²) in [5.41, 5.74) is 0. The molecule has 0 aliphatic carbocycles. The van der Waals surface area contributed by atoms with Crippen molar-refractivity contribution in [2.24, 2.45) is 5.92 Å². The van der Waals surface area contributed by atoms with Crippen LogP contribution in [0.25, 0.3) is 0 Å². The number of carbonyl (C=O) groups excluding carboxylic acids is 1. The Morgan fingerprint density at radius 3 is 2.62 bits per heavy atom. The van der Waals surface area contributed by atoms with Gasteiger partial charge in [0.15, 0.2) is 0 Å². The molecule has 0 N–H and O–H groups in total. The first-order valence-corrected chi connectivity index (χ1v) is 5.35. The summed E-state index contributed by atoms with van der Waals surface area (Å²) in [4.78, 5) is 11.3. The standard InChI is InChI=1S/C12H14ClO3/c1-3-15-12(14)9(2)8-16-11-6-4-10(13)5-7-11/h4-7,9H,1,3,8H2,2H3. The van der Waals surface area contributed by atoms with Gasteiger partial charge in [0.25, 0.3) is 0 Å².